The third kappa shape index (κ3) is 5.58. The van der Waals surface area contributed by atoms with E-state index >= 15 is 0 Å². The highest BCUT2D eigenvalue weighted by Crippen LogP contribution is 2.57. The van der Waals surface area contributed by atoms with Crippen LogP contribution in [0.1, 0.15) is 98.6 Å². The van der Waals surface area contributed by atoms with Gasteiger partial charge in [-0.3, -0.25) is 0 Å². The van der Waals surface area contributed by atoms with E-state index in [4.69, 9.17) is 0 Å². The second-order valence-electron chi connectivity index (χ2n) is 14.6. The van der Waals surface area contributed by atoms with Gasteiger partial charge >= 0.3 is 0 Å². The summed E-state index contributed by atoms with van der Waals surface area (Å²) in [6, 6.07) is 27.7. The van der Waals surface area contributed by atoms with Crippen molar-refractivity contribution in [3.8, 4) is 23.0 Å². The van der Waals surface area contributed by atoms with Gasteiger partial charge in [-0.2, -0.15) is 0 Å². The van der Waals surface area contributed by atoms with Crippen LogP contribution in [0.25, 0.3) is 0 Å². The lowest BCUT2D eigenvalue weighted by Crippen LogP contribution is -2.43. The lowest BCUT2D eigenvalue weighted by molar-refractivity contribution is 0.0364. The minimum atomic E-state index is -0.150. The molecule has 0 amide bonds. The summed E-state index contributed by atoms with van der Waals surface area (Å²) in [5.41, 5.74) is 6.67. The van der Waals surface area contributed by atoms with Crippen LogP contribution in [0.3, 0.4) is 0 Å². The molecule has 0 spiro atoms. The van der Waals surface area contributed by atoms with Crippen LogP contribution in [-0.4, -0.2) is 20.4 Å². The smallest absolute Gasteiger partial charge is 0.118 e. The Morgan fingerprint density at radius 3 is 1.13 bits per heavy atom. The van der Waals surface area contributed by atoms with Crippen LogP contribution >= 0.6 is 0 Å². The molecule has 0 unspecified atom stereocenters. The third-order valence-corrected chi connectivity index (χ3v) is 12.1. The van der Waals surface area contributed by atoms with Gasteiger partial charge in [0.1, 0.15) is 23.0 Å². The van der Waals surface area contributed by atoms with E-state index in [1.54, 1.807) is 24.3 Å². The zero-order valence-electron chi connectivity index (χ0n) is 27.2. The first-order valence-electron chi connectivity index (χ1n) is 16.6. The Hall–Kier alpha value is -3.92. The van der Waals surface area contributed by atoms with Gasteiger partial charge in [0.15, 0.2) is 0 Å². The van der Waals surface area contributed by atoms with Crippen LogP contribution in [0.4, 0.5) is 0 Å². The molecule has 236 valence electrons. The van der Waals surface area contributed by atoms with Crippen LogP contribution in [-0.2, 0) is 10.8 Å². The Morgan fingerprint density at radius 2 is 0.800 bits per heavy atom. The van der Waals surface area contributed by atoms with Crippen LogP contribution in [0, 0.1) is 31.1 Å². The summed E-state index contributed by atoms with van der Waals surface area (Å²) in [5.74, 6) is 2.43. The van der Waals surface area contributed by atoms with Gasteiger partial charge in [0.05, 0.1) is 0 Å². The van der Waals surface area contributed by atoms with Gasteiger partial charge in [-0.15, -0.1) is 0 Å². The van der Waals surface area contributed by atoms with Gasteiger partial charge in [0, 0.05) is 10.8 Å². The van der Waals surface area contributed by atoms with Crippen molar-refractivity contribution in [2.24, 2.45) is 17.3 Å². The lowest BCUT2D eigenvalue weighted by Gasteiger charge is -2.51. The number of benzene rings is 4. The maximum Gasteiger partial charge on any atom is 0.118 e. The molecule has 0 saturated heterocycles. The summed E-state index contributed by atoms with van der Waals surface area (Å²) >= 11 is 0. The first kappa shape index (κ1) is 31.1. The van der Waals surface area contributed by atoms with Crippen LogP contribution in [0.15, 0.2) is 84.9 Å². The summed E-state index contributed by atoms with van der Waals surface area (Å²) in [4.78, 5) is 0. The van der Waals surface area contributed by atoms with E-state index in [2.05, 4.69) is 62.4 Å². The zero-order valence-corrected chi connectivity index (χ0v) is 27.2. The molecule has 4 nitrogen and oxygen atoms in total. The van der Waals surface area contributed by atoms with Crippen molar-refractivity contribution in [2.75, 3.05) is 0 Å². The average molecular weight is 605 g/mol. The van der Waals surface area contributed by atoms with Crippen LogP contribution < -0.4 is 0 Å². The number of hydrogen-bond donors (Lipinski definition) is 4. The summed E-state index contributed by atoms with van der Waals surface area (Å²) in [5, 5.41) is 40.7. The predicted octanol–water partition coefficient (Wildman–Crippen LogP) is 9.80. The Balaban J connectivity index is 1.25. The van der Waals surface area contributed by atoms with Crippen molar-refractivity contribution in [2.45, 2.75) is 89.9 Å². The molecule has 0 atom stereocenters. The molecule has 2 fully saturated rings. The fraction of sp³-hybridized carbons (Fsp3) is 0.415. The summed E-state index contributed by atoms with van der Waals surface area (Å²) in [6.07, 6.45) is 8.66. The highest BCUT2D eigenvalue weighted by atomic mass is 16.3. The molecule has 2 aliphatic carbocycles. The van der Waals surface area contributed by atoms with Crippen molar-refractivity contribution in [1.29, 1.82) is 0 Å². The van der Waals surface area contributed by atoms with Gasteiger partial charge in [0.25, 0.3) is 0 Å². The van der Waals surface area contributed by atoms with E-state index in [-0.39, 0.29) is 27.7 Å². The maximum absolute atomic E-state index is 10.3. The van der Waals surface area contributed by atoms with E-state index in [0.717, 1.165) is 62.5 Å². The Bertz CT molecular complexity index is 1530. The average Bonchev–Trinajstić information content (AvgIpc) is 3.04. The number of hydrogen-bond acceptors (Lipinski definition) is 4. The number of phenolic OH excluding ortho intramolecular Hbond substituents is 4. The van der Waals surface area contributed by atoms with E-state index in [1.807, 2.05) is 26.0 Å². The van der Waals surface area contributed by atoms with E-state index < -0.39 is 0 Å². The Labute approximate surface area is 268 Å². The van der Waals surface area contributed by atoms with Crippen molar-refractivity contribution >= 4 is 0 Å². The molecule has 2 saturated carbocycles. The quantitative estimate of drug-likeness (QED) is 0.177. The monoisotopic (exact) mass is 604 g/mol. The second-order valence-corrected chi connectivity index (χ2v) is 14.6. The zero-order chi connectivity index (χ0) is 32.0. The number of phenols is 4. The van der Waals surface area contributed by atoms with Crippen LogP contribution in [0.5, 0.6) is 23.0 Å². The topological polar surface area (TPSA) is 80.9 Å². The third-order valence-electron chi connectivity index (χ3n) is 12.1. The van der Waals surface area contributed by atoms with Crippen molar-refractivity contribution in [1.82, 2.24) is 0 Å². The van der Waals surface area contributed by atoms with E-state index in [0.29, 0.717) is 23.3 Å². The second kappa shape index (κ2) is 11.8. The molecular weight excluding hydrogens is 556 g/mol. The molecule has 4 heteroatoms. The maximum atomic E-state index is 10.3. The van der Waals surface area contributed by atoms with Crippen molar-refractivity contribution in [3.05, 3.63) is 118 Å². The fourth-order valence-corrected chi connectivity index (χ4v) is 9.00. The first-order chi connectivity index (χ1) is 21.4. The summed E-state index contributed by atoms with van der Waals surface area (Å²) in [6.45, 7) is 8.95. The molecule has 4 N–H and O–H groups in total. The molecule has 4 aromatic rings. The minimum absolute atomic E-state index is 0.136. The summed E-state index contributed by atoms with van der Waals surface area (Å²) < 4.78 is 0. The van der Waals surface area contributed by atoms with Gasteiger partial charge in [0.2, 0.25) is 0 Å². The molecule has 0 radical (unpaired) electrons. The molecular formula is C41H48O4. The number of rotatable bonds is 6. The molecule has 0 heterocycles. The minimum Gasteiger partial charge on any atom is -0.508 e. The van der Waals surface area contributed by atoms with E-state index in [9.17, 15) is 20.4 Å². The van der Waals surface area contributed by atoms with Gasteiger partial charge in [-0.25, -0.2) is 0 Å². The summed E-state index contributed by atoms with van der Waals surface area (Å²) in [7, 11) is 0. The molecule has 4 aromatic carbocycles. The molecule has 6 rings (SSSR count). The lowest BCUT2D eigenvalue weighted by atomic mass is 9.53. The predicted molar refractivity (Wildman–Crippen MR) is 181 cm³/mol. The molecule has 2 aliphatic rings. The van der Waals surface area contributed by atoms with E-state index in [1.165, 1.54) is 22.3 Å². The highest BCUT2D eigenvalue weighted by molar-refractivity contribution is 5.48. The number of aryl methyl sites for hydroxylation is 2. The van der Waals surface area contributed by atoms with Gasteiger partial charge < -0.3 is 20.4 Å². The van der Waals surface area contributed by atoms with Crippen LogP contribution in [0.2, 0.25) is 0 Å². The molecule has 45 heavy (non-hydrogen) atoms. The van der Waals surface area contributed by atoms with Gasteiger partial charge in [-0.1, -0.05) is 62.4 Å². The first-order valence-corrected chi connectivity index (χ1v) is 16.6. The normalized spacial score (nSPS) is 18.9. The van der Waals surface area contributed by atoms with Crippen molar-refractivity contribution < 1.29 is 20.4 Å². The molecule has 0 aromatic heterocycles. The molecule has 0 bridgehead atoms. The standard InChI is InChI=1S/C41H48O4/c1-27-25-33(9-15-37(27)44)41(34-10-16-38(45)28(2)26-34)23-19-30(20-24-41)39(3,4)29-17-21-40(22-18-29,31-5-11-35(42)12-6-31)32-7-13-36(43)14-8-32/h5-16,25-26,29-30,42-45H,17-24H2,1-4H3. The molecule has 0 aliphatic heterocycles. The number of aromatic hydroxyl groups is 4. The fourth-order valence-electron chi connectivity index (χ4n) is 9.00. The highest BCUT2D eigenvalue weighted by Gasteiger charge is 2.48. The Kier molecular flexibility index (Phi) is 8.14. The SMILES string of the molecule is Cc1cc(C2(c3ccc(O)c(C)c3)CCC(C(C)(C)C3CCC(c4ccc(O)cc4)(c4ccc(O)cc4)CC3)CC2)ccc1O. The van der Waals surface area contributed by atoms with Crippen molar-refractivity contribution in [3.63, 3.8) is 0 Å². The largest absolute Gasteiger partial charge is 0.508 e. The van der Waals surface area contributed by atoms with Gasteiger partial charge in [-0.05, 0) is 152 Å². The Morgan fingerprint density at radius 1 is 0.489 bits per heavy atom.